The van der Waals surface area contributed by atoms with Gasteiger partial charge in [-0.1, -0.05) is 24.3 Å². The van der Waals surface area contributed by atoms with Crippen molar-refractivity contribution in [1.29, 1.82) is 0 Å². The van der Waals surface area contributed by atoms with Crippen LogP contribution in [0.3, 0.4) is 0 Å². The fourth-order valence-electron chi connectivity index (χ4n) is 1.73. The number of halogens is 1. The van der Waals surface area contributed by atoms with Crippen molar-refractivity contribution in [3.05, 3.63) is 67.1 Å². The van der Waals surface area contributed by atoms with Crippen LogP contribution in [0.5, 0.6) is 0 Å². The fourth-order valence-corrected chi connectivity index (χ4v) is 2.23. The Kier molecular flexibility index (Phi) is 3.66. The minimum atomic E-state index is 0.0613. The average molecular weight is 339 g/mol. The maximum absolute atomic E-state index is 11.9. The molecule has 0 N–H and O–H groups in total. The van der Waals surface area contributed by atoms with Crippen LogP contribution in [0.15, 0.2) is 41.3 Å². The zero-order chi connectivity index (χ0) is 12.4. The molecule has 0 spiro atoms. The second-order valence-electron chi connectivity index (χ2n) is 4.20. The molecule has 0 bridgehead atoms. The van der Waals surface area contributed by atoms with Gasteiger partial charge in [0.1, 0.15) is 0 Å². The fraction of sp³-hybridized carbons (Fsp3) is 0.214. The molecule has 17 heavy (non-hydrogen) atoms. The zero-order valence-corrected chi connectivity index (χ0v) is 12.1. The predicted octanol–water partition coefficient (Wildman–Crippen LogP) is 3.12. The van der Waals surface area contributed by atoms with E-state index >= 15 is 0 Å². The number of aromatic nitrogens is 1. The van der Waals surface area contributed by atoms with E-state index in [1.54, 1.807) is 10.6 Å². The van der Waals surface area contributed by atoms with Gasteiger partial charge in [0.05, 0.1) is 6.54 Å². The third kappa shape index (κ3) is 2.77. The third-order valence-electron chi connectivity index (χ3n) is 2.87. The highest BCUT2D eigenvalue weighted by Crippen LogP contribution is 2.11. The summed E-state index contributed by atoms with van der Waals surface area (Å²) in [6, 6.07) is 9.85. The first-order chi connectivity index (χ1) is 8.08. The molecule has 0 saturated carbocycles. The molecular formula is C14H14INO. The zero-order valence-electron chi connectivity index (χ0n) is 9.90. The van der Waals surface area contributed by atoms with E-state index in [9.17, 15) is 4.79 Å². The lowest BCUT2D eigenvalue weighted by Crippen LogP contribution is -2.20. The molecule has 0 unspecified atom stereocenters. The Labute approximate surface area is 114 Å². The van der Waals surface area contributed by atoms with Crippen LogP contribution in [0.2, 0.25) is 0 Å². The number of pyridine rings is 1. The van der Waals surface area contributed by atoms with Gasteiger partial charge in [0.25, 0.3) is 5.56 Å². The van der Waals surface area contributed by atoms with Gasteiger partial charge in [0.2, 0.25) is 0 Å². The summed E-state index contributed by atoms with van der Waals surface area (Å²) in [6.07, 6.45) is 1.92. The summed E-state index contributed by atoms with van der Waals surface area (Å²) in [5.74, 6) is 0. The molecule has 3 heteroatoms. The summed E-state index contributed by atoms with van der Waals surface area (Å²) in [4.78, 5) is 11.9. The van der Waals surface area contributed by atoms with Crippen LogP contribution >= 0.6 is 22.6 Å². The summed E-state index contributed by atoms with van der Waals surface area (Å²) in [6.45, 7) is 4.67. The summed E-state index contributed by atoms with van der Waals surface area (Å²) in [7, 11) is 0. The monoisotopic (exact) mass is 339 g/mol. The van der Waals surface area contributed by atoms with Gasteiger partial charge >= 0.3 is 0 Å². The number of hydrogen-bond donors (Lipinski definition) is 0. The molecule has 0 saturated heterocycles. The lowest BCUT2D eigenvalue weighted by atomic mass is 10.1. The molecule has 0 fully saturated rings. The van der Waals surface area contributed by atoms with Crippen molar-refractivity contribution in [3.63, 3.8) is 0 Å². The summed E-state index contributed by atoms with van der Waals surface area (Å²) in [5.41, 5.74) is 3.51. The molecule has 0 amide bonds. The van der Waals surface area contributed by atoms with Gasteiger partial charge in [0, 0.05) is 15.8 Å². The van der Waals surface area contributed by atoms with Crippen molar-refractivity contribution in [2.75, 3.05) is 0 Å². The maximum Gasteiger partial charge on any atom is 0.251 e. The Hall–Kier alpha value is -1.10. The molecule has 2 aromatic rings. The van der Waals surface area contributed by atoms with Crippen LogP contribution in [-0.2, 0) is 6.54 Å². The molecule has 0 aliphatic rings. The minimum Gasteiger partial charge on any atom is -0.310 e. The number of nitrogens with zero attached hydrogens (tertiary/aromatic N) is 1. The molecule has 2 nitrogen and oxygen atoms in total. The Morgan fingerprint density at radius 1 is 1.18 bits per heavy atom. The number of rotatable bonds is 2. The van der Waals surface area contributed by atoms with Crippen molar-refractivity contribution in [2.24, 2.45) is 0 Å². The van der Waals surface area contributed by atoms with Crippen LogP contribution in [0, 0.1) is 17.4 Å². The molecule has 0 aliphatic heterocycles. The molecule has 0 atom stereocenters. The highest BCUT2D eigenvalue weighted by atomic mass is 127. The Bertz CT molecular complexity index is 601. The van der Waals surface area contributed by atoms with Gasteiger partial charge in [-0.3, -0.25) is 4.79 Å². The number of benzene rings is 1. The molecule has 88 valence electrons. The SMILES string of the molecule is Cc1cc(=O)n(Cc2ccccc2C)cc1I. The molecule has 0 radical (unpaired) electrons. The van der Waals surface area contributed by atoms with Crippen LogP contribution in [0.4, 0.5) is 0 Å². The largest absolute Gasteiger partial charge is 0.310 e. The van der Waals surface area contributed by atoms with Crippen molar-refractivity contribution in [2.45, 2.75) is 20.4 Å². The number of hydrogen-bond acceptors (Lipinski definition) is 1. The van der Waals surface area contributed by atoms with Crippen LogP contribution in [0.1, 0.15) is 16.7 Å². The van der Waals surface area contributed by atoms with Crippen LogP contribution in [-0.4, -0.2) is 4.57 Å². The maximum atomic E-state index is 11.9. The van der Waals surface area contributed by atoms with E-state index < -0.39 is 0 Å². The Morgan fingerprint density at radius 3 is 2.59 bits per heavy atom. The molecule has 1 aromatic carbocycles. The molecule has 1 heterocycles. The molecule has 2 rings (SSSR count). The van der Waals surface area contributed by atoms with Gasteiger partial charge in [-0.2, -0.15) is 0 Å². The van der Waals surface area contributed by atoms with Gasteiger partial charge in [0.15, 0.2) is 0 Å². The first-order valence-electron chi connectivity index (χ1n) is 5.49. The first kappa shape index (κ1) is 12.4. The number of aryl methyl sites for hydroxylation is 2. The lowest BCUT2D eigenvalue weighted by Gasteiger charge is -2.09. The van der Waals surface area contributed by atoms with Gasteiger partial charge < -0.3 is 4.57 Å². The smallest absolute Gasteiger partial charge is 0.251 e. The van der Waals surface area contributed by atoms with Crippen LogP contribution in [0.25, 0.3) is 0 Å². The third-order valence-corrected chi connectivity index (χ3v) is 4.00. The summed E-state index contributed by atoms with van der Waals surface area (Å²) in [5, 5.41) is 0. The standard InChI is InChI=1S/C14H14INO/c1-10-5-3-4-6-12(10)8-16-9-13(15)11(2)7-14(16)17/h3-7,9H,8H2,1-2H3. The highest BCUT2D eigenvalue weighted by Gasteiger charge is 2.03. The van der Waals surface area contributed by atoms with Crippen molar-refractivity contribution in [1.82, 2.24) is 4.57 Å². The van der Waals surface area contributed by atoms with Crippen molar-refractivity contribution < 1.29 is 0 Å². The quantitative estimate of drug-likeness (QED) is 0.771. The Balaban J connectivity index is 2.41. The van der Waals surface area contributed by atoms with E-state index in [4.69, 9.17) is 0 Å². The highest BCUT2D eigenvalue weighted by molar-refractivity contribution is 14.1. The average Bonchev–Trinajstić information content (AvgIpc) is 2.29. The van der Waals surface area contributed by atoms with E-state index in [0.717, 1.165) is 9.13 Å². The first-order valence-corrected chi connectivity index (χ1v) is 6.57. The van der Waals surface area contributed by atoms with Gasteiger partial charge in [-0.05, 0) is 53.1 Å². The second-order valence-corrected chi connectivity index (χ2v) is 5.36. The normalized spacial score (nSPS) is 10.5. The van der Waals surface area contributed by atoms with Crippen molar-refractivity contribution >= 4 is 22.6 Å². The predicted molar refractivity (Wildman–Crippen MR) is 78.4 cm³/mol. The summed E-state index contributed by atoms with van der Waals surface area (Å²) < 4.78 is 2.88. The van der Waals surface area contributed by atoms with E-state index in [0.29, 0.717) is 6.54 Å². The minimum absolute atomic E-state index is 0.0613. The topological polar surface area (TPSA) is 22.0 Å². The van der Waals surface area contributed by atoms with E-state index in [-0.39, 0.29) is 5.56 Å². The van der Waals surface area contributed by atoms with E-state index in [1.165, 1.54) is 11.1 Å². The Morgan fingerprint density at radius 2 is 1.88 bits per heavy atom. The lowest BCUT2D eigenvalue weighted by molar-refractivity contribution is 0.749. The second kappa shape index (κ2) is 5.04. The van der Waals surface area contributed by atoms with Crippen LogP contribution < -0.4 is 5.56 Å². The van der Waals surface area contributed by atoms with Gasteiger partial charge in [-0.15, -0.1) is 0 Å². The van der Waals surface area contributed by atoms with E-state index in [2.05, 4.69) is 41.6 Å². The van der Waals surface area contributed by atoms with E-state index in [1.807, 2.05) is 25.3 Å². The molecule has 0 aliphatic carbocycles. The molecular weight excluding hydrogens is 325 g/mol. The van der Waals surface area contributed by atoms with Crippen molar-refractivity contribution in [3.8, 4) is 0 Å². The molecule has 1 aromatic heterocycles. The van der Waals surface area contributed by atoms with Gasteiger partial charge in [-0.25, -0.2) is 0 Å². The summed E-state index contributed by atoms with van der Waals surface area (Å²) >= 11 is 2.26.